The third kappa shape index (κ3) is 4.24. The number of nitro groups is 1. The fourth-order valence-electron chi connectivity index (χ4n) is 2.24. The van der Waals surface area contributed by atoms with Crippen molar-refractivity contribution in [3.63, 3.8) is 0 Å². The summed E-state index contributed by atoms with van der Waals surface area (Å²) < 4.78 is 0. The van der Waals surface area contributed by atoms with Crippen molar-refractivity contribution in [3.05, 3.63) is 73.8 Å². The van der Waals surface area contributed by atoms with Crippen LogP contribution < -0.4 is 0 Å². The molecule has 1 amide bonds. The molecule has 0 bridgehead atoms. The van der Waals surface area contributed by atoms with E-state index in [1.165, 1.54) is 18.2 Å². The highest BCUT2D eigenvalue weighted by Gasteiger charge is 2.21. The van der Waals surface area contributed by atoms with E-state index in [4.69, 9.17) is 23.2 Å². The van der Waals surface area contributed by atoms with Crippen LogP contribution in [0.4, 0.5) is 5.69 Å². The minimum absolute atomic E-state index is 0.0915. The predicted octanol–water partition coefficient (Wildman–Crippen LogP) is 4.95. The minimum Gasteiger partial charge on any atom is -0.332 e. The molecule has 0 heterocycles. The molecule has 0 unspecified atom stereocenters. The van der Waals surface area contributed by atoms with Crippen LogP contribution in [-0.4, -0.2) is 21.8 Å². The fourth-order valence-corrected chi connectivity index (χ4v) is 2.56. The normalized spacial score (nSPS) is 10.7. The molecule has 0 aromatic heterocycles. The number of nitro benzene ring substituents is 1. The maximum atomic E-state index is 12.8. The summed E-state index contributed by atoms with van der Waals surface area (Å²) in [6.45, 7) is 4.09. The maximum absolute atomic E-state index is 12.8. The Hall–Kier alpha value is -2.11. The van der Waals surface area contributed by atoms with Crippen LogP contribution in [0.15, 0.2) is 42.5 Å². The van der Waals surface area contributed by atoms with Crippen molar-refractivity contribution in [2.45, 2.75) is 26.4 Å². The molecule has 126 valence electrons. The second kappa shape index (κ2) is 7.64. The Morgan fingerprint density at radius 1 is 1.17 bits per heavy atom. The number of amides is 1. The van der Waals surface area contributed by atoms with Crippen LogP contribution in [0, 0.1) is 10.1 Å². The zero-order chi connectivity index (χ0) is 17.9. The summed E-state index contributed by atoms with van der Waals surface area (Å²) in [5, 5.41) is 11.8. The molecule has 7 heteroatoms. The first kappa shape index (κ1) is 18.2. The summed E-state index contributed by atoms with van der Waals surface area (Å²) in [5.74, 6) is -0.278. The molecule has 5 nitrogen and oxygen atoms in total. The van der Waals surface area contributed by atoms with E-state index in [0.29, 0.717) is 16.6 Å². The average molecular weight is 367 g/mol. The average Bonchev–Trinajstić information content (AvgIpc) is 2.55. The molecule has 0 aliphatic carbocycles. The number of halogens is 2. The van der Waals surface area contributed by atoms with E-state index in [-0.39, 0.29) is 23.2 Å². The van der Waals surface area contributed by atoms with Crippen molar-refractivity contribution in [1.29, 1.82) is 0 Å². The Labute approximate surface area is 149 Å². The Bertz CT molecular complexity index is 778. The summed E-state index contributed by atoms with van der Waals surface area (Å²) >= 11 is 11.9. The largest absolute Gasteiger partial charge is 0.332 e. The summed E-state index contributed by atoms with van der Waals surface area (Å²) in [7, 11) is 0. The molecule has 0 spiro atoms. The Kier molecular flexibility index (Phi) is 5.80. The molecule has 2 rings (SSSR count). The molecule has 0 radical (unpaired) electrons. The fraction of sp³-hybridized carbons (Fsp3) is 0.235. The third-order valence-electron chi connectivity index (χ3n) is 3.53. The number of nitrogens with zero attached hydrogens (tertiary/aromatic N) is 2. The van der Waals surface area contributed by atoms with Gasteiger partial charge in [-0.25, -0.2) is 0 Å². The number of carbonyl (C=O) groups is 1. The molecule has 2 aromatic rings. The zero-order valence-electron chi connectivity index (χ0n) is 13.2. The van der Waals surface area contributed by atoms with Gasteiger partial charge in [-0.2, -0.15) is 0 Å². The first-order chi connectivity index (χ1) is 11.3. The molecule has 0 fully saturated rings. The van der Waals surface area contributed by atoms with Crippen LogP contribution in [0.3, 0.4) is 0 Å². The van der Waals surface area contributed by atoms with Crippen molar-refractivity contribution in [2.24, 2.45) is 0 Å². The second-order valence-electron chi connectivity index (χ2n) is 5.58. The second-order valence-corrected chi connectivity index (χ2v) is 6.40. The SMILES string of the molecule is CC(C)N(Cc1ccc(Cl)c(Cl)c1)C(=O)c1cccc([N+](=O)[O-])c1. The third-order valence-corrected chi connectivity index (χ3v) is 4.26. The molecular weight excluding hydrogens is 351 g/mol. The molecule has 0 N–H and O–H groups in total. The van der Waals surface area contributed by atoms with Crippen LogP contribution in [0.25, 0.3) is 0 Å². The van der Waals surface area contributed by atoms with Gasteiger partial charge in [-0.1, -0.05) is 35.3 Å². The van der Waals surface area contributed by atoms with E-state index in [1.54, 1.807) is 29.2 Å². The van der Waals surface area contributed by atoms with Gasteiger partial charge in [0, 0.05) is 30.3 Å². The van der Waals surface area contributed by atoms with Gasteiger partial charge in [-0.05, 0) is 37.6 Å². The Morgan fingerprint density at radius 2 is 1.88 bits per heavy atom. The summed E-state index contributed by atoms with van der Waals surface area (Å²) in [6, 6.07) is 10.8. The quantitative estimate of drug-likeness (QED) is 0.555. The van der Waals surface area contributed by atoms with Crippen molar-refractivity contribution in [3.8, 4) is 0 Å². The first-order valence-corrected chi connectivity index (χ1v) is 8.04. The lowest BCUT2D eigenvalue weighted by Crippen LogP contribution is -2.36. The number of rotatable bonds is 5. The first-order valence-electron chi connectivity index (χ1n) is 7.29. The van der Waals surface area contributed by atoms with E-state index >= 15 is 0 Å². The van der Waals surface area contributed by atoms with Gasteiger partial charge in [0.1, 0.15) is 0 Å². The van der Waals surface area contributed by atoms with E-state index in [0.717, 1.165) is 5.56 Å². The predicted molar refractivity (Wildman–Crippen MR) is 94.6 cm³/mol. The van der Waals surface area contributed by atoms with E-state index in [9.17, 15) is 14.9 Å². The Morgan fingerprint density at radius 3 is 2.46 bits per heavy atom. The number of hydrogen-bond donors (Lipinski definition) is 0. The van der Waals surface area contributed by atoms with E-state index in [1.807, 2.05) is 13.8 Å². The number of benzene rings is 2. The highest BCUT2D eigenvalue weighted by atomic mass is 35.5. The van der Waals surface area contributed by atoms with Gasteiger partial charge < -0.3 is 4.90 Å². The lowest BCUT2D eigenvalue weighted by atomic mass is 10.1. The molecule has 2 aromatic carbocycles. The van der Waals surface area contributed by atoms with Crippen LogP contribution in [0.5, 0.6) is 0 Å². The van der Waals surface area contributed by atoms with E-state index in [2.05, 4.69) is 0 Å². The Balaban J connectivity index is 2.29. The number of hydrogen-bond acceptors (Lipinski definition) is 3. The van der Waals surface area contributed by atoms with Crippen molar-refractivity contribution < 1.29 is 9.72 Å². The molecule has 0 saturated heterocycles. The van der Waals surface area contributed by atoms with Crippen molar-refractivity contribution >= 4 is 34.8 Å². The summed E-state index contributed by atoms with van der Waals surface area (Å²) in [6.07, 6.45) is 0. The highest BCUT2D eigenvalue weighted by Crippen LogP contribution is 2.24. The van der Waals surface area contributed by atoms with Crippen molar-refractivity contribution in [1.82, 2.24) is 4.90 Å². The van der Waals surface area contributed by atoms with Crippen LogP contribution in [0.1, 0.15) is 29.8 Å². The van der Waals surface area contributed by atoms with Gasteiger partial charge in [0.2, 0.25) is 0 Å². The van der Waals surface area contributed by atoms with Crippen LogP contribution >= 0.6 is 23.2 Å². The molecule has 24 heavy (non-hydrogen) atoms. The standard InChI is InChI=1S/C17H16Cl2N2O3/c1-11(2)20(10-12-6-7-15(18)16(19)8-12)17(22)13-4-3-5-14(9-13)21(23)24/h3-9,11H,10H2,1-2H3. The lowest BCUT2D eigenvalue weighted by Gasteiger charge is -2.27. The van der Waals surface area contributed by atoms with Gasteiger partial charge in [-0.3, -0.25) is 14.9 Å². The molecular formula is C17H16Cl2N2O3. The maximum Gasteiger partial charge on any atom is 0.270 e. The monoisotopic (exact) mass is 366 g/mol. The van der Waals surface area contributed by atoms with Gasteiger partial charge in [0.15, 0.2) is 0 Å². The van der Waals surface area contributed by atoms with Gasteiger partial charge >= 0.3 is 0 Å². The smallest absolute Gasteiger partial charge is 0.270 e. The van der Waals surface area contributed by atoms with Gasteiger partial charge in [-0.15, -0.1) is 0 Å². The lowest BCUT2D eigenvalue weighted by molar-refractivity contribution is -0.384. The van der Waals surface area contributed by atoms with Crippen LogP contribution in [-0.2, 0) is 6.54 Å². The zero-order valence-corrected chi connectivity index (χ0v) is 14.7. The molecule has 0 aliphatic heterocycles. The topological polar surface area (TPSA) is 63.5 Å². The summed E-state index contributed by atoms with van der Waals surface area (Å²) in [4.78, 5) is 24.8. The minimum atomic E-state index is -0.518. The van der Waals surface area contributed by atoms with Crippen molar-refractivity contribution in [2.75, 3.05) is 0 Å². The number of non-ortho nitro benzene ring substituents is 1. The van der Waals surface area contributed by atoms with Gasteiger partial charge in [0.05, 0.1) is 15.0 Å². The molecule has 0 saturated carbocycles. The number of carbonyl (C=O) groups excluding carboxylic acids is 1. The molecule has 0 atom stereocenters. The molecule has 0 aliphatic rings. The van der Waals surface area contributed by atoms with Crippen LogP contribution in [0.2, 0.25) is 10.0 Å². The highest BCUT2D eigenvalue weighted by molar-refractivity contribution is 6.42. The van der Waals surface area contributed by atoms with E-state index < -0.39 is 4.92 Å². The summed E-state index contributed by atoms with van der Waals surface area (Å²) in [5.41, 5.74) is 0.994. The van der Waals surface area contributed by atoms with Gasteiger partial charge in [0.25, 0.3) is 11.6 Å².